The van der Waals surface area contributed by atoms with Crippen LogP contribution in [0.5, 0.6) is 0 Å². The number of likely N-dealkylation sites (tertiary alicyclic amines) is 1. The monoisotopic (exact) mass is 323 g/mol. The number of nitrogens with one attached hydrogen (secondary N) is 1. The van der Waals surface area contributed by atoms with Gasteiger partial charge in [0, 0.05) is 31.5 Å². The third-order valence-corrected chi connectivity index (χ3v) is 5.50. The zero-order chi connectivity index (χ0) is 16.5. The Bertz CT molecular complexity index is 566. The van der Waals surface area contributed by atoms with Crippen molar-refractivity contribution in [1.29, 1.82) is 0 Å². The minimum atomic E-state index is -0.0409. The van der Waals surface area contributed by atoms with Gasteiger partial charge in [-0.3, -0.25) is 9.59 Å². The second-order valence-electron chi connectivity index (χ2n) is 6.94. The van der Waals surface area contributed by atoms with E-state index in [-0.39, 0.29) is 23.3 Å². The molecule has 2 rings (SSSR count). The lowest BCUT2D eigenvalue weighted by atomic mass is 9.98. The molecule has 1 fully saturated rings. The highest BCUT2D eigenvalue weighted by Crippen LogP contribution is 2.29. The van der Waals surface area contributed by atoms with E-state index in [1.165, 1.54) is 11.3 Å². The van der Waals surface area contributed by atoms with Gasteiger partial charge in [0.25, 0.3) is 5.91 Å². The quantitative estimate of drug-likeness (QED) is 0.909. The van der Waals surface area contributed by atoms with Gasteiger partial charge in [0.2, 0.25) is 5.91 Å². The number of hydrogen-bond donors (Lipinski definition) is 1. The Hall–Kier alpha value is -1.43. The molecule has 0 atom stereocenters. The normalized spacial score (nSPS) is 16.7. The van der Waals surface area contributed by atoms with Gasteiger partial charge in [0.15, 0.2) is 0 Å². The van der Waals surface area contributed by atoms with Crippen LogP contribution in [0.2, 0.25) is 0 Å². The first-order chi connectivity index (χ1) is 10.2. The van der Waals surface area contributed by atoms with Crippen molar-refractivity contribution in [2.24, 2.45) is 0 Å². The number of amides is 2. The van der Waals surface area contributed by atoms with Crippen LogP contribution >= 0.6 is 11.3 Å². The topological polar surface area (TPSA) is 62.3 Å². The van der Waals surface area contributed by atoms with E-state index < -0.39 is 0 Å². The van der Waals surface area contributed by atoms with Gasteiger partial charge < -0.3 is 10.2 Å². The molecule has 0 aliphatic carbocycles. The van der Waals surface area contributed by atoms with Crippen LogP contribution in [0.3, 0.4) is 0 Å². The molecule has 0 saturated carbocycles. The Morgan fingerprint density at radius 3 is 2.32 bits per heavy atom. The summed E-state index contributed by atoms with van der Waals surface area (Å²) in [6, 6.07) is 0.141. The van der Waals surface area contributed by atoms with Crippen LogP contribution in [-0.4, -0.2) is 40.8 Å². The van der Waals surface area contributed by atoms with Crippen molar-refractivity contribution in [2.75, 3.05) is 13.1 Å². The summed E-state index contributed by atoms with van der Waals surface area (Å²) in [5.41, 5.74) is 0.759. The van der Waals surface area contributed by atoms with Gasteiger partial charge in [-0.15, -0.1) is 11.3 Å². The predicted molar refractivity (Wildman–Crippen MR) is 88.3 cm³/mol. The molecule has 1 aromatic rings. The number of carbonyl (C=O) groups excluding carboxylic acids is 2. The molecule has 6 heteroatoms. The fraction of sp³-hybridized carbons (Fsp3) is 0.688. The first-order valence-electron chi connectivity index (χ1n) is 7.72. The number of rotatable bonds is 2. The summed E-state index contributed by atoms with van der Waals surface area (Å²) in [5, 5.41) is 4.08. The van der Waals surface area contributed by atoms with Crippen LogP contribution < -0.4 is 5.32 Å². The second kappa shape index (κ2) is 6.36. The average molecular weight is 323 g/mol. The molecule has 5 nitrogen and oxygen atoms in total. The lowest BCUT2D eigenvalue weighted by Gasteiger charge is -2.31. The zero-order valence-corrected chi connectivity index (χ0v) is 14.8. The molecule has 0 spiro atoms. The Morgan fingerprint density at radius 2 is 1.86 bits per heavy atom. The summed E-state index contributed by atoms with van der Waals surface area (Å²) in [6.45, 7) is 11.2. The van der Waals surface area contributed by atoms with E-state index in [1.807, 2.05) is 11.8 Å². The molecule has 22 heavy (non-hydrogen) atoms. The number of nitrogens with zero attached hydrogens (tertiary/aromatic N) is 2. The molecule has 0 aromatic carbocycles. The highest BCUT2D eigenvalue weighted by atomic mass is 32.1. The van der Waals surface area contributed by atoms with E-state index in [1.54, 1.807) is 6.92 Å². The summed E-state index contributed by atoms with van der Waals surface area (Å²) in [7, 11) is 0. The van der Waals surface area contributed by atoms with Crippen LogP contribution in [0.1, 0.15) is 60.9 Å². The molecule has 122 valence electrons. The van der Waals surface area contributed by atoms with Crippen molar-refractivity contribution in [2.45, 2.75) is 58.9 Å². The Morgan fingerprint density at radius 1 is 1.27 bits per heavy atom. The first-order valence-corrected chi connectivity index (χ1v) is 8.54. The van der Waals surface area contributed by atoms with Crippen molar-refractivity contribution < 1.29 is 9.59 Å². The molecule has 1 aliphatic heterocycles. The molecule has 0 radical (unpaired) electrons. The van der Waals surface area contributed by atoms with Gasteiger partial charge in [-0.05, 0) is 19.8 Å². The van der Waals surface area contributed by atoms with Gasteiger partial charge in [-0.2, -0.15) is 0 Å². The minimum Gasteiger partial charge on any atom is -0.348 e. The van der Waals surface area contributed by atoms with Gasteiger partial charge in [-0.25, -0.2) is 4.98 Å². The molecule has 2 amide bonds. The summed E-state index contributed by atoms with van der Waals surface area (Å²) in [4.78, 5) is 30.9. The third kappa shape index (κ3) is 3.85. The fourth-order valence-corrected chi connectivity index (χ4v) is 3.54. The molecule has 1 saturated heterocycles. The standard InChI is InChI=1S/C16H25N3O2S/c1-10-13(22-15(17-10)16(3,4)5)14(21)18-12-6-8-19(9-7-12)11(2)20/h12H,6-9H2,1-5H3,(H,18,21). The number of aromatic nitrogens is 1. The van der Waals surface area contributed by atoms with Crippen LogP contribution in [0.15, 0.2) is 0 Å². The molecule has 1 N–H and O–H groups in total. The summed E-state index contributed by atoms with van der Waals surface area (Å²) < 4.78 is 0. The van der Waals surface area contributed by atoms with Crippen LogP contribution in [-0.2, 0) is 10.2 Å². The zero-order valence-electron chi connectivity index (χ0n) is 14.0. The van der Waals surface area contributed by atoms with Crippen molar-refractivity contribution in [3.05, 3.63) is 15.6 Å². The Labute approximate surface area is 136 Å². The number of hydrogen-bond acceptors (Lipinski definition) is 4. The number of aryl methyl sites for hydroxylation is 1. The van der Waals surface area contributed by atoms with Crippen molar-refractivity contribution in [3.8, 4) is 0 Å². The number of carbonyl (C=O) groups is 2. The molecular formula is C16H25N3O2S. The van der Waals surface area contributed by atoms with Crippen molar-refractivity contribution in [1.82, 2.24) is 15.2 Å². The SMILES string of the molecule is CC(=O)N1CCC(NC(=O)c2sc(C(C)(C)C)nc2C)CC1. The summed E-state index contributed by atoms with van der Waals surface area (Å²) in [6.07, 6.45) is 1.63. The molecule has 0 unspecified atom stereocenters. The highest BCUT2D eigenvalue weighted by molar-refractivity contribution is 7.14. The smallest absolute Gasteiger partial charge is 0.263 e. The van der Waals surface area contributed by atoms with Gasteiger partial charge in [0.05, 0.1) is 10.7 Å². The molecule has 1 aliphatic rings. The Kier molecular flexibility index (Phi) is 4.90. The van der Waals surface area contributed by atoms with Crippen LogP contribution in [0.4, 0.5) is 0 Å². The van der Waals surface area contributed by atoms with Crippen LogP contribution in [0.25, 0.3) is 0 Å². The minimum absolute atomic E-state index is 0.0354. The summed E-state index contributed by atoms with van der Waals surface area (Å²) in [5.74, 6) is 0.0738. The van der Waals surface area contributed by atoms with Gasteiger partial charge >= 0.3 is 0 Å². The molecular weight excluding hydrogens is 298 g/mol. The maximum atomic E-state index is 12.5. The largest absolute Gasteiger partial charge is 0.348 e. The third-order valence-electron chi connectivity index (χ3n) is 3.92. The fourth-order valence-electron chi connectivity index (χ4n) is 2.52. The van der Waals surface area contributed by atoms with Gasteiger partial charge in [0.1, 0.15) is 4.88 Å². The lowest BCUT2D eigenvalue weighted by molar-refractivity contribution is -0.129. The van der Waals surface area contributed by atoms with Crippen molar-refractivity contribution in [3.63, 3.8) is 0 Å². The predicted octanol–water partition coefficient (Wildman–Crippen LogP) is 2.49. The van der Waals surface area contributed by atoms with E-state index in [9.17, 15) is 9.59 Å². The number of thiazole rings is 1. The van der Waals surface area contributed by atoms with Crippen molar-refractivity contribution >= 4 is 23.2 Å². The second-order valence-corrected chi connectivity index (χ2v) is 7.94. The Balaban J connectivity index is 1.99. The van der Waals surface area contributed by atoms with Gasteiger partial charge in [-0.1, -0.05) is 20.8 Å². The van der Waals surface area contributed by atoms with E-state index in [0.717, 1.165) is 36.6 Å². The molecule has 2 heterocycles. The number of piperidine rings is 1. The maximum Gasteiger partial charge on any atom is 0.263 e. The first kappa shape index (κ1) is 16.9. The molecule has 0 bridgehead atoms. The molecule has 1 aromatic heterocycles. The average Bonchev–Trinajstić information content (AvgIpc) is 2.81. The maximum absolute atomic E-state index is 12.5. The van der Waals surface area contributed by atoms with E-state index in [0.29, 0.717) is 4.88 Å². The van der Waals surface area contributed by atoms with E-state index in [2.05, 4.69) is 31.1 Å². The highest BCUT2D eigenvalue weighted by Gasteiger charge is 2.26. The van der Waals surface area contributed by atoms with Crippen LogP contribution in [0, 0.1) is 6.92 Å². The van der Waals surface area contributed by atoms with E-state index >= 15 is 0 Å². The lowest BCUT2D eigenvalue weighted by Crippen LogP contribution is -2.45. The van der Waals surface area contributed by atoms with E-state index in [4.69, 9.17) is 0 Å². The summed E-state index contributed by atoms with van der Waals surface area (Å²) >= 11 is 1.48.